The van der Waals surface area contributed by atoms with Crippen molar-refractivity contribution in [1.82, 2.24) is 10.0 Å². The molecule has 2 rings (SSSR count). The summed E-state index contributed by atoms with van der Waals surface area (Å²) >= 11 is 0. The van der Waals surface area contributed by atoms with E-state index >= 15 is 0 Å². The molecule has 0 radical (unpaired) electrons. The molecule has 0 bridgehead atoms. The van der Waals surface area contributed by atoms with Gasteiger partial charge in [0.25, 0.3) is 5.91 Å². The molecule has 1 amide bonds. The zero-order chi connectivity index (χ0) is 21.4. The molecule has 0 aliphatic carbocycles. The second-order valence-electron chi connectivity index (χ2n) is 6.33. The summed E-state index contributed by atoms with van der Waals surface area (Å²) < 4.78 is 36.8. The normalized spacial score (nSPS) is 13.2. The van der Waals surface area contributed by atoms with Crippen LogP contribution in [0.15, 0.2) is 59.5 Å². The lowest BCUT2D eigenvalue weighted by Crippen LogP contribution is -2.41. The fraction of sp³-hybridized carbons (Fsp3) is 0.300. The van der Waals surface area contributed by atoms with Gasteiger partial charge in [0, 0.05) is 0 Å². The quantitative estimate of drug-likeness (QED) is 0.599. The highest BCUT2D eigenvalue weighted by atomic mass is 32.2. The monoisotopic (exact) mass is 420 g/mol. The highest BCUT2D eigenvalue weighted by Crippen LogP contribution is 2.16. The molecule has 9 heteroatoms. The Hall–Kier alpha value is -2.91. The Kier molecular flexibility index (Phi) is 7.74. The van der Waals surface area contributed by atoms with Gasteiger partial charge in [-0.15, -0.1) is 0 Å². The first kappa shape index (κ1) is 22.4. The first-order chi connectivity index (χ1) is 13.7. The minimum atomic E-state index is -3.93. The lowest BCUT2D eigenvalue weighted by atomic mass is 10.1. The molecular formula is C20H24N2O6S. The maximum atomic E-state index is 12.3. The summed E-state index contributed by atoms with van der Waals surface area (Å²) in [6, 6.07) is 13.6. The van der Waals surface area contributed by atoms with E-state index in [9.17, 15) is 18.0 Å². The Morgan fingerprint density at radius 1 is 1.00 bits per heavy atom. The average Bonchev–Trinajstić information content (AvgIpc) is 2.72. The van der Waals surface area contributed by atoms with Crippen molar-refractivity contribution in [3.05, 3.63) is 60.2 Å². The Morgan fingerprint density at radius 2 is 1.62 bits per heavy atom. The zero-order valence-corrected chi connectivity index (χ0v) is 17.2. The highest BCUT2D eigenvalue weighted by molar-refractivity contribution is 7.89. The second kappa shape index (κ2) is 10.0. The first-order valence-electron chi connectivity index (χ1n) is 8.90. The number of carbonyl (C=O) groups excluding carboxylic acids is 2. The van der Waals surface area contributed by atoms with Crippen molar-refractivity contribution in [2.24, 2.45) is 0 Å². The number of hydrogen-bond acceptors (Lipinski definition) is 6. The van der Waals surface area contributed by atoms with Gasteiger partial charge in [-0.25, -0.2) is 8.42 Å². The van der Waals surface area contributed by atoms with Crippen LogP contribution in [0.5, 0.6) is 5.75 Å². The van der Waals surface area contributed by atoms with Crippen LogP contribution < -0.4 is 14.8 Å². The van der Waals surface area contributed by atoms with Gasteiger partial charge in [0.1, 0.15) is 11.8 Å². The Balaban J connectivity index is 1.85. The molecule has 29 heavy (non-hydrogen) atoms. The highest BCUT2D eigenvalue weighted by Gasteiger charge is 2.24. The summed E-state index contributed by atoms with van der Waals surface area (Å²) in [5.74, 6) is -0.836. The van der Waals surface area contributed by atoms with Gasteiger partial charge < -0.3 is 14.8 Å². The number of amides is 1. The smallest absolute Gasteiger partial charge is 0.324 e. The van der Waals surface area contributed by atoms with Crippen LogP contribution in [0.2, 0.25) is 0 Å². The van der Waals surface area contributed by atoms with E-state index in [2.05, 4.69) is 10.0 Å². The van der Waals surface area contributed by atoms with Gasteiger partial charge in [0.05, 0.1) is 18.0 Å². The Morgan fingerprint density at radius 3 is 2.21 bits per heavy atom. The molecule has 0 aliphatic rings. The number of carbonyl (C=O) groups is 2. The molecule has 8 nitrogen and oxygen atoms in total. The van der Waals surface area contributed by atoms with E-state index < -0.39 is 34.5 Å². The standard InChI is InChI=1S/C20H24N2O6S/c1-14(16-7-5-4-6-8-16)21-19(23)13-28-20(24)15(2)22-29(25,26)18-11-9-17(27-3)10-12-18/h4-12,14-15,22H,13H2,1-3H3,(H,21,23)/t14-,15+/m1/s1. The number of methoxy groups -OCH3 is 1. The summed E-state index contributed by atoms with van der Waals surface area (Å²) in [7, 11) is -2.46. The van der Waals surface area contributed by atoms with Crippen molar-refractivity contribution < 1.29 is 27.5 Å². The van der Waals surface area contributed by atoms with E-state index in [-0.39, 0.29) is 10.9 Å². The number of sulfonamides is 1. The van der Waals surface area contributed by atoms with Crippen molar-refractivity contribution in [3.8, 4) is 5.75 Å². The summed E-state index contributed by atoms with van der Waals surface area (Å²) in [6.07, 6.45) is 0. The summed E-state index contributed by atoms with van der Waals surface area (Å²) in [5, 5.41) is 2.71. The lowest BCUT2D eigenvalue weighted by molar-refractivity contribution is -0.149. The molecule has 2 atom stereocenters. The van der Waals surface area contributed by atoms with Gasteiger partial charge >= 0.3 is 5.97 Å². The SMILES string of the molecule is COc1ccc(S(=O)(=O)N[C@@H](C)C(=O)OCC(=O)N[C@H](C)c2ccccc2)cc1. The minimum absolute atomic E-state index is 0.0209. The maximum absolute atomic E-state index is 12.3. The van der Waals surface area contributed by atoms with Crippen LogP contribution in [0.1, 0.15) is 25.5 Å². The van der Waals surface area contributed by atoms with Crippen LogP contribution in [-0.4, -0.2) is 40.1 Å². The minimum Gasteiger partial charge on any atom is -0.497 e. The molecule has 0 saturated carbocycles. The van der Waals surface area contributed by atoms with Crippen LogP contribution in [0.25, 0.3) is 0 Å². The fourth-order valence-electron chi connectivity index (χ4n) is 2.47. The van der Waals surface area contributed by atoms with Crippen molar-refractivity contribution >= 4 is 21.9 Å². The van der Waals surface area contributed by atoms with Gasteiger partial charge in [0.15, 0.2) is 6.61 Å². The number of nitrogens with one attached hydrogen (secondary N) is 2. The number of benzene rings is 2. The summed E-state index contributed by atoms with van der Waals surface area (Å²) in [4.78, 5) is 24.0. The van der Waals surface area contributed by atoms with Gasteiger partial charge in [-0.3, -0.25) is 9.59 Å². The topological polar surface area (TPSA) is 111 Å². The molecule has 2 aromatic rings. The van der Waals surface area contributed by atoms with E-state index in [1.807, 2.05) is 30.3 Å². The largest absolute Gasteiger partial charge is 0.497 e. The van der Waals surface area contributed by atoms with Gasteiger partial charge in [-0.1, -0.05) is 30.3 Å². The second-order valence-corrected chi connectivity index (χ2v) is 8.04. The predicted molar refractivity (Wildman–Crippen MR) is 107 cm³/mol. The molecule has 2 aromatic carbocycles. The molecule has 2 N–H and O–H groups in total. The summed E-state index contributed by atoms with van der Waals surface area (Å²) in [6.45, 7) is 2.64. The van der Waals surface area contributed by atoms with E-state index in [4.69, 9.17) is 9.47 Å². The number of ether oxygens (including phenoxy) is 2. The zero-order valence-electron chi connectivity index (χ0n) is 16.4. The van der Waals surface area contributed by atoms with Crippen molar-refractivity contribution in [2.75, 3.05) is 13.7 Å². The van der Waals surface area contributed by atoms with E-state index in [1.54, 1.807) is 6.92 Å². The molecule has 0 heterocycles. The van der Waals surface area contributed by atoms with E-state index in [0.717, 1.165) is 5.56 Å². The molecule has 0 fully saturated rings. The molecule has 0 spiro atoms. The number of esters is 1. The van der Waals surface area contributed by atoms with Gasteiger partial charge in [-0.05, 0) is 43.7 Å². The molecule has 0 aliphatic heterocycles. The third-order valence-electron chi connectivity index (χ3n) is 4.08. The van der Waals surface area contributed by atoms with Crippen LogP contribution in [0.3, 0.4) is 0 Å². The molecular weight excluding hydrogens is 396 g/mol. The molecule has 0 unspecified atom stereocenters. The molecule has 0 saturated heterocycles. The van der Waals surface area contributed by atoms with E-state index in [0.29, 0.717) is 5.75 Å². The average molecular weight is 420 g/mol. The maximum Gasteiger partial charge on any atom is 0.324 e. The van der Waals surface area contributed by atoms with Crippen LogP contribution in [-0.2, 0) is 24.3 Å². The first-order valence-corrected chi connectivity index (χ1v) is 10.4. The third kappa shape index (κ3) is 6.58. The molecule has 156 valence electrons. The third-order valence-corrected chi connectivity index (χ3v) is 5.63. The predicted octanol–water partition coefficient (Wildman–Crippen LogP) is 1.78. The van der Waals surface area contributed by atoms with Crippen LogP contribution >= 0.6 is 0 Å². The van der Waals surface area contributed by atoms with E-state index in [1.165, 1.54) is 38.3 Å². The van der Waals surface area contributed by atoms with Crippen LogP contribution in [0.4, 0.5) is 0 Å². The fourth-order valence-corrected chi connectivity index (χ4v) is 3.67. The summed E-state index contributed by atoms with van der Waals surface area (Å²) in [5.41, 5.74) is 0.910. The number of hydrogen-bond donors (Lipinski definition) is 2. The van der Waals surface area contributed by atoms with Gasteiger partial charge in [-0.2, -0.15) is 4.72 Å². The van der Waals surface area contributed by atoms with Crippen molar-refractivity contribution in [1.29, 1.82) is 0 Å². The Labute approximate surface area is 170 Å². The lowest BCUT2D eigenvalue weighted by Gasteiger charge is -2.16. The Bertz CT molecular complexity index is 929. The van der Waals surface area contributed by atoms with Crippen molar-refractivity contribution in [3.63, 3.8) is 0 Å². The van der Waals surface area contributed by atoms with Crippen LogP contribution in [0, 0.1) is 0 Å². The van der Waals surface area contributed by atoms with Gasteiger partial charge in [0.2, 0.25) is 10.0 Å². The van der Waals surface area contributed by atoms with Crippen molar-refractivity contribution in [2.45, 2.75) is 30.8 Å². The molecule has 0 aromatic heterocycles. The number of rotatable bonds is 9.